The number of carbonyl (C=O) groups excluding carboxylic acids is 1. The van der Waals surface area contributed by atoms with Crippen molar-refractivity contribution in [1.29, 1.82) is 0 Å². The molecule has 106 valence electrons. The molecule has 0 bridgehead atoms. The first-order valence-corrected chi connectivity index (χ1v) is 6.21. The second-order valence-electron chi connectivity index (χ2n) is 5.03. The molecule has 7 heteroatoms. The van der Waals surface area contributed by atoms with E-state index >= 15 is 0 Å². The zero-order valence-electron chi connectivity index (χ0n) is 11.9. The molecule has 1 rings (SSSR count). The van der Waals surface area contributed by atoms with E-state index in [2.05, 4.69) is 10.4 Å². The molecule has 0 spiro atoms. The van der Waals surface area contributed by atoms with Crippen molar-refractivity contribution in [2.45, 2.75) is 47.2 Å². The van der Waals surface area contributed by atoms with Gasteiger partial charge in [-0.3, -0.25) is 19.6 Å². The van der Waals surface area contributed by atoms with Gasteiger partial charge in [0.15, 0.2) is 0 Å². The fraction of sp³-hybridized carbons (Fsp3) is 0.667. The number of amides is 1. The summed E-state index contributed by atoms with van der Waals surface area (Å²) in [7, 11) is 0. The van der Waals surface area contributed by atoms with E-state index in [1.165, 1.54) is 4.68 Å². The van der Waals surface area contributed by atoms with Crippen LogP contribution in [0.5, 0.6) is 0 Å². The number of nitrogens with zero attached hydrogens (tertiary/aromatic N) is 3. The van der Waals surface area contributed by atoms with Crippen LogP contribution in [0.4, 0.5) is 5.69 Å². The molecule has 0 fully saturated rings. The summed E-state index contributed by atoms with van der Waals surface area (Å²) < 4.78 is 1.37. The van der Waals surface area contributed by atoms with Crippen LogP contribution in [0.1, 0.15) is 32.2 Å². The van der Waals surface area contributed by atoms with Crippen molar-refractivity contribution < 1.29 is 9.72 Å². The maximum absolute atomic E-state index is 11.8. The number of hydrogen-bond acceptors (Lipinski definition) is 4. The molecular formula is C12H20N4O3. The third-order valence-corrected chi connectivity index (χ3v) is 3.21. The molecule has 0 aromatic carbocycles. The van der Waals surface area contributed by atoms with Gasteiger partial charge in [0, 0.05) is 6.04 Å². The van der Waals surface area contributed by atoms with Crippen molar-refractivity contribution in [3.05, 3.63) is 21.5 Å². The minimum atomic E-state index is -0.469. The Morgan fingerprint density at radius 3 is 2.42 bits per heavy atom. The lowest BCUT2D eigenvalue weighted by Crippen LogP contribution is -2.38. The first kappa shape index (κ1) is 15.1. The zero-order valence-corrected chi connectivity index (χ0v) is 11.9. The van der Waals surface area contributed by atoms with Gasteiger partial charge < -0.3 is 5.32 Å². The number of aromatic nitrogens is 2. The smallest absolute Gasteiger partial charge is 0.312 e. The van der Waals surface area contributed by atoms with Crippen molar-refractivity contribution in [3.8, 4) is 0 Å². The van der Waals surface area contributed by atoms with Crippen LogP contribution in [0.25, 0.3) is 0 Å². The van der Waals surface area contributed by atoms with E-state index in [1.807, 2.05) is 20.8 Å². The van der Waals surface area contributed by atoms with Crippen molar-refractivity contribution in [1.82, 2.24) is 15.1 Å². The molecule has 0 saturated heterocycles. The van der Waals surface area contributed by atoms with Gasteiger partial charge in [0.1, 0.15) is 17.9 Å². The minimum Gasteiger partial charge on any atom is -0.352 e. The number of nitrogens with one attached hydrogen (secondary N) is 1. The summed E-state index contributed by atoms with van der Waals surface area (Å²) in [5.41, 5.74) is 0.701. The first-order valence-electron chi connectivity index (χ1n) is 6.21. The number of rotatable bonds is 5. The van der Waals surface area contributed by atoms with Crippen LogP contribution in [-0.4, -0.2) is 26.7 Å². The van der Waals surface area contributed by atoms with Crippen molar-refractivity contribution in [3.63, 3.8) is 0 Å². The van der Waals surface area contributed by atoms with E-state index in [4.69, 9.17) is 0 Å². The highest BCUT2D eigenvalue weighted by molar-refractivity contribution is 5.76. The van der Waals surface area contributed by atoms with E-state index < -0.39 is 4.92 Å². The Labute approximate surface area is 112 Å². The van der Waals surface area contributed by atoms with Gasteiger partial charge >= 0.3 is 5.69 Å². The summed E-state index contributed by atoms with van der Waals surface area (Å²) in [6.07, 6.45) is 0. The predicted octanol–water partition coefficient (Wildman–Crippen LogP) is 1.57. The van der Waals surface area contributed by atoms with Crippen LogP contribution in [0.3, 0.4) is 0 Å². The van der Waals surface area contributed by atoms with E-state index in [0.29, 0.717) is 17.3 Å². The Bertz CT molecular complexity index is 493. The normalized spacial score (nSPS) is 12.5. The van der Waals surface area contributed by atoms with Crippen LogP contribution in [0.2, 0.25) is 0 Å². The molecule has 1 amide bonds. The lowest BCUT2D eigenvalue weighted by atomic mass is 10.1. The Kier molecular flexibility index (Phi) is 4.63. The third kappa shape index (κ3) is 3.52. The molecule has 19 heavy (non-hydrogen) atoms. The molecule has 0 aliphatic carbocycles. The first-order chi connectivity index (χ1) is 8.73. The van der Waals surface area contributed by atoms with Gasteiger partial charge in [-0.2, -0.15) is 5.10 Å². The maximum atomic E-state index is 11.8. The summed E-state index contributed by atoms with van der Waals surface area (Å²) in [6, 6.07) is 0.0550. The molecule has 1 aromatic rings. The van der Waals surface area contributed by atoms with Gasteiger partial charge in [0.25, 0.3) is 0 Å². The van der Waals surface area contributed by atoms with Crippen LogP contribution in [-0.2, 0) is 11.3 Å². The van der Waals surface area contributed by atoms with Gasteiger partial charge in [-0.1, -0.05) is 13.8 Å². The third-order valence-electron chi connectivity index (χ3n) is 3.21. The highest BCUT2D eigenvalue weighted by Crippen LogP contribution is 2.21. The quantitative estimate of drug-likeness (QED) is 0.648. The topological polar surface area (TPSA) is 90.1 Å². The monoisotopic (exact) mass is 268 g/mol. The summed E-state index contributed by atoms with van der Waals surface area (Å²) >= 11 is 0. The van der Waals surface area contributed by atoms with E-state index in [-0.39, 0.29) is 24.2 Å². The van der Waals surface area contributed by atoms with Crippen LogP contribution >= 0.6 is 0 Å². The standard InChI is InChI=1S/C12H20N4O3/c1-7(2)8(3)13-11(17)6-15-10(5)12(16(18)19)9(4)14-15/h7-8H,6H2,1-5H3,(H,13,17)/t8-/m0/s1. The lowest BCUT2D eigenvalue weighted by Gasteiger charge is -2.17. The molecule has 0 radical (unpaired) electrons. The number of aryl methyl sites for hydroxylation is 1. The number of hydrogen-bond donors (Lipinski definition) is 1. The molecule has 1 N–H and O–H groups in total. The second kappa shape index (κ2) is 5.81. The molecule has 1 heterocycles. The highest BCUT2D eigenvalue weighted by atomic mass is 16.6. The Hall–Kier alpha value is -1.92. The van der Waals surface area contributed by atoms with Gasteiger partial charge in [-0.15, -0.1) is 0 Å². The highest BCUT2D eigenvalue weighted by Gasteiger charge is 2.23. The Balaban J connectivity index is 2.81. The molecular weight excluding hydrogens is 248 g/mol. The SMILES string of the molecule is Cc1nn(CC(=O)N[C@@H](C)C(C)C)c(C)c1[N+](=O)[O-]. The Morgan fingerprint density at radius 1 is 1.42 bits per heavy atom. The fourth-order valence-corrected chi connectivity index (χ4v) is 1.71. The average Bonchev–Trinajstić information content (AvgIpc) is 2.53. The second-order valence-corrected chi connectivity index (χ2v) is 5.03. The summed E-state index contributed by atoms with van der Waals surface area (Å²) in [6.45, 7) is 9.11. The summed E-state index contributed by atoms with van der Waals surface area (Å²) in [5.74, 6) is 0.139. The van der Waals surface area contributed by atoms with Gasteiger partial charge in [0.05, 0.1) is 4.92 Å². The lowest BCUT2D eigenvalue weighted by molar-refractivity contribution is -0.386. The number of carbonyl (C=O) groups is 1. The van der Waals surface area contributed by atoms with Crippen LogP contribution in [0, 0.1) is 29.9 Å². The largest absolute Gasteiger partial charge is 0.352 e. The van der Waals surface area contributed by atoms with Gasteiger partial charge in [-0.05, 0) is 26.7 Å². The molecule has 0 aliphatic rings. The summed E-state index contributed by atoms with van der Waals surface area (Å²) in [5, 5.41) is 17.7. The molecule has 7 nitrogen and oxygen atoms in total. The van der Waals surface area contributed by atoms with E-state index in [0.717, 1.165) is 0 Å². The Morgan fingerprint density at radius 2 is 2.00 bits per heavy atom. The maximum Gasteiger partial charge on any atom is 0.312 e. The number of nitro groups is 1. The predicted molar refractivity (Wildman–Crippen MR) is 70.8 cm³/mol. The zero-order chi connectivity index (χ0) is 14.7. The molecule has 0 unspecified atom stereocenters. The fourth-order valence-electron chi connectivity index (χ4n) is 1.71. The van der Waals surface area contributed by atoms with Crippen molar-refractivity contribution in [2.24, 2.45) is 5.92 Å². The van der Waals surface area contributed by atoms with Crippen LogP contribution in [0.15, 0.2) is 0 Å². The molecule has 1 aromatic heterocycles. The van der Waals surface area contributed by atoms with E-state index in [1.54, 1.807) is 13.8 Å². The van der Waals surface area contributed by atoms with Crippen molar-refractivity contribution >= 4 is 11.6 Å². The van der Waals surface area contributed by atoms with Gasteiger partial charge in [0.2, 0.25) is 5.91 Å². The van der Waals surface area contributed by atoms with Crippen LogP contribution < -0.4 is 5.32 Å². The van der Waals surface area contributed by atoms with Crippen molar-refractivity contribution in [2.75, 3.05) is 0 Å². The molecule has 1 atom stereocenters. The summed E-state index contributed by atoms with van der Waals surface area (Å²) in [4.78, 5) is 22.2. The van der Waals surface area contributed by atoms with Gasteiger partial charge in [-0.25, -0.2) is 0 Å². The van der Waals surface area contributed by atoms with E-state index in [9.17, 15) is 14.9 Å². The minimum absolute atomic E-state index is 0.00241. The average molecular weight is 268 g/mol. The molecule has 0 saturated carbocycles. The molecule has 0 aliphatic heterocycles.